The van der Waals surface area contributed by atoms with Gasteiger partial charge in [0.05, 0.1) is 5.41 Å². The van der Waals surface area contributed by atoms with E-state index < -0.39 is 5.41 Å². The summed E-state index contributed by atoms with van der Waals surface area (Å²) in [6.07, 6.45) is 2.29. The fourth-order valence-electron chi connectivity index (χ4n) is 2.73. The normalized spacial score (nSPS) is 17.8. The number of hydrogen-bond donors (Lipinski definition) is 2. The summed E-state index contributed by atoms with van der Waals surface area (Å²) in [5, 5.41) is 3.12. The van der Waals surface area contributed by atoms with Crippen molar-refractivity contribution < 1.29 is 9.53 Å². The third kappa shape index (κ3) is 2.86. The summed E-state index contributed by atoms with van der Waals surface area (Å²) in [6, 6.07) is 6.10. The Balaban J connectivity index is 2.22. The van der Waals surface area contributed by atoms with Crippen molar-refractivity contribution in [3.63, 3.8) is 0 Å². The predicted octanol–water partition coefficient (Wildman–Crippen LogP) is 2.25. The van der Waals surface area contributed by atoms with Gasteiger partial charge in [0.1, 0.15) is 0 Å². The average molecular weight is 276 g/mol. The molecule has 2 rings (SSSR count). The number of carbonyl (C=O) groups is 1. The Kier molecular flexibility index (Phi) is 4.78. The van der Waals surface area contributed by atoms with E-state index in [0.29, 0.717) is 32.6 Å². The molecule has 0 bridgehead atoms. The molecule has 1 amide bonds. The first-order valence-corrected chi connectivity index (χ1v) is 7.31. The van der Waals surface area contributed by atoms with E-state index in [0.717, 1.165) is 23.2 Å². The lowest BCUT2D eigenvalue weighted by Crippen LogP contribution is -2.46. The van der Waals surface area contributed by atoms with Crippen LogP contribution in [0.5, 0.6) is 0 Å². The Morgan fingerprint density at radius 1 is 1.40 bits per heavy atom. The highest BCUT2D eigenvalue weighted by atomic mass is 16.5. The van der Waals surface area contributed by atoms with Crippen LogP contribution >= 0.6 is 0 Å². The Bertz CT molecular complexity index is 479. The first-order valence-electron chi connectivity index (χ1n) is 7.31. The van der Waals surface area contributed by atoms with Crippen LogP contribution in [0, 0.1) is 12.3 Å². The van der Waals surface area contributed by atoms with Crippen LogP contribution in [0.1, 0.15) is 30.9 Å². The Morgan fingerprint density at radius 3 is 2.70 bits per heavy atom. The van der Waals surface area contributed by atoms with E-state index in [1.165, 1.54) is 0 Å². The lowest BCUT2D eigenvalue weighted by molar-refractivity contribution is -0.130. The molecule has 1 aromatic rings. The highest BCUT2D eigenvalue weighted by Gasteiger charge is 2.39. The number of rotatable bonds is 4. The molecule has 0 saturated carbocycles. The third-order valence-corrected chi connectivity index (χ3v) is 4.30. The summed E-state index contributed by atoms with van der Waals surface area (Å²) in [6.45, 7) is 5.71. The number of aryl methyl sites for hydroxylation is 2. The molecule has 4 heteroatoms. The average Bonchev–Trinajstić information content (AvgIpc) is 2.49. The molecule has 4 nitrogen and oxygen atoms in total. The van der Waals surface area contributed by atoms with Gasteiger partial charge in [-0.2, -0.15) is 0 Å². The van der Waals surface area contributed by atoms with Crippen molar-refractivity contribution in [2.45, 2.75) is 33.1 Å². The van der Waals surface area contributed by atoms with Crippen LogP contribution in [0.4, 0.5) is 5.69 Å². The fraction of sp³-hybridized carbons (Fsp3) is 0.562. The van der Waals surface area contributed by atoms with Gasteiger partial charge < -0.3 is 15.8 Å². The molecule has 1 aliphatic rings. The summed E-state index contributed by atoms with van der Waals surface area (Å²) >= 11 is 0. The van der Waals surface area contributed by atoms with Gasteiger partial charge in [-0.25, -0.2) is 0 Å². The molecule has 0 unspecified atom stereocenters. The minimum Gasteiger partial charge on any atom is -0.381 e. The van der Waals surface area contributed by atoms with Gasteiger partial charge in [-0.15, -0.1) is 0 Å². The summed E-state index contributed by atoms with van der Waals surface area (Å²) in [4.78, 5) is 12.7. The van der Waals surface area contributed by atoms with E-state index in [4.69, 9.17) is 10.5 Å². The Hall–Kier alpha value is -1.39. The van der Waals surface area contributed by atoms with Crippen molar-refractivity contribution in [3.8, 4) is 0 Å². The highest BCUT2D eigenvalue weighted by molar-refractivity contribution is 5.96. The molecule has 1 fully saturated rings. The van der Waals surface area contributed by atoms with Gasteiger partial charge in [-0.1, -0.05) is 25.1 Å². The van der Waals surface area contributed by atoms with Gasteiger partial charge in [0.25, 0.3) is 0 Å². The molecule has 20 heavy (non-hydrogen) atoms. The molecule has 1 aliphatic heterocycles. The van der Waals surface area contributed by atoms with Gasteiger partial charge in [-0.05, 0) is 37.3 Å². The second kappa shape index (κ2) is 6.37. The number of carbonyl (C=O) groups excluding carboxylic acids is 1. The van der Waals surface area contributed by atoms with Crippen molar-refractivity contribution in [3.05, 3.63) is 29.3 Å². The van der Waals surface area contributed by atoms with Crippen LogP contribution in [-0.4, -0.2) is 25.7 Å². The van der Waals surface area contributed by atoms with E-state index in [-0.39, 0.29) is 5.91 Å². The van der Waals surface area contributed by atoms with Gasteiger partial charge in [0.2, 0.25) is 5.91 Å². The molecule has 0 aromatic heterocycles. The van der Waals surface area contributed by atoms with Crippen LogP contribution in [-0.2, 0) is 16.0 Å². The second-order valence-corrected chi connectivity index (χ2v) is 5.51. The van der Waals surface area contributed by atoms with Crippen molar-refractivity contribution >= 4 is 11.6 Å². The number of para-hydroxylation sites is 1. The van der Waals surface area contributed by atoms with E-state index in [1.54, 1.807) is 0 Å². The van der Waals surface area contributed by atoms with Crippen molar-refractivity contribution in [1.82, 2.24) is 0 Å². The van der Waals surface area contributed by atoms with Gasteiger partial charge in [-0.3, -0.25) is 4.79 Å². The maximum Gasteiger partial charge on any atom is 0.232 e. The van der Waals surface area contributed by atoms with Crippen LogP contribution < -0.4 is 11.1 Å². The lowest BCUT2D eigenvalue weighted by atomic mass is 9.79. The van der Waals surface area contributed by atoms with Gasteiger partial charge in [0.15, 0.2) is 0 Å². The van der Waals surface area contributed by atoms with Crippen LogP contribution in [0.2, 0.25) is 0 Å². The number of nitrogens with two attached hydrogens (primary N) is 1. The second-order valence-electron chi connectivity index (χ2n) is 5.51. The number of ether oxygens (including phenoxy) is 1. The van der Waals surface area contributed by atoms with Crippen molar-refractivity contribution in [2.24, 2.45) is 11.1 Å². The fourth-order valence-corrected chi connectivity index (χ4v) is 2.73. The summed E-state index contributed by atoms with van der Waals surface area (Å²) in [5.74, 6) is 0.0345. The van der Waals surface area contributed by atoms with Crippen LogP contribution in [0.3, 0.4) is 0 Å². The number of anilines is 1. The zero-order chi connectivity index (χ0) is 14.6. The maximum atomic E-state index is 12.7. The molecule has 1 aromatic carbocycles. The molecule has 0 radical (unpaired) electrons. The molecule has 0 atom stereocenters. The molecule has 3 N–H and O–H groups in total. The summed E-state index contributed by atoms with van der Waals surface area (Å²) in [5.41, 5.74) is 8.61. The number of amides is 1. The third-order valence-electron chi connectivity index (χ3n) is 4.30. The first-order chi connectivity index (χ1) is 9.63. The topological polar surface area (TPSA) is 64.4 Å². The van der Waals surface area contributed by atoms with E-state index >= 15 is 0 Å². The van der Waals surface area contributed by atoms with Gasteiger partial charge in [0, 0.05) is 25.4 Å². The van der Waals surface area contributed by atoms with Crippen molar-refractivity contribution in [1.29, 1.82) is 0 Å². The highest BCUT2D eigenvalue weighted by Crippen LogP contribution is 2.32. The van der Waals surface area contributed by atoms with Gasteiger partial charge >= 0.3 is 0 Å². The Labute approximate surface area is 120 Å². The smallest absolute Gasteiger partial charge is 0.232 e. The van der Waals surface area contributed by atoms with Crippen LogP contribution in [0.15, 0.2) is 18.2 Å². The standard InChI is InChI=1S/C16H24N2O2/c1-3-13-6-4-5-12(2)14(13)18-15(19)16(11-17)7-9-20-10-8-16/h4-6H,3,7-11,17H2,1-2H3,(H,18,19). The zero-order valence-electron chi connectivity index (χ0n) is 12.4. The number of nitrogens with one attached hydrogen (secondary N) is 1. The van der Waals surface area contributed by atoms with E-state index in [2.05, 4.69) is 18.3 Å². The molecular formula is C16H24N2O2. The van der Waals surface area contributed by atoms with E-state index in [1.807, 2.05) is 19.1 Å². The minimum atomic E-state index is -0.481. The number of hydrogen-bond acceptors (Lipinski definition) is 3. The quantitative estimate of drug-likeness (QED) is 0.886. The molecule has 0 spiro atoms. The summed E-state index contributed by atoms with van der Waals surface area (Å²) < 4.78 is 5.36. The van der Waals surface area contributed by atoms with Crippen molar-refractivity contribution in [2.75, 3.05) is 25.1 Å². The molecular weight excluding hydrogens is 252 g/mol. The summed E-state index contributed by atoms with van der Waals surface area (Å²) in [7, 11) is 0. The lowest BCUT2D eigenvalue weighted by Gasteiger charge is -2.34. The largest absolute Gasteiger partial charge is 0.381 e. The molecule has 1 saturated heterocycles. The zero-order valence-corrected chi connectivity index (χ0v) is 12.4. The maximum absolute atomic E-state index is 12.7. The SMILES string of the molecule is CCc1cccc(C)c1NC(=O)C1(CN)CCOCC1. The number of benzene rings is 1. The first kappa shape index (κ1) is 15.0. The molecule has 1 heterocycles. The monoisotopic (exact) mass is 276 g/mol. The van der Waals surface area contributed by atoms with Crippen LogP contribution in [0.25, 0.3) is 0 Å². The van der Waals surface area contributed by atoms with E-state index in [9.17, 15) is 4.79 Å². The predicted molar refractivity (Wildman–Crippen MR) is 80.7 cm³/mol. The molecule has 110 valence electrons. The minimum absolute atomic E-state index is 0.0345. The molecule has 0 aliphatic carbocycles. The Morgan fingerprint density at radius 2 is 2.10 bits per heavy atom.